The zero-order valence-electron chi connectivity index (χ0n) is 9.84. The second kappa shape index (κ2) is 11.3. The molecule has 0 aliphatic heterocycles. The molecular formula is C11H25NOS. The van der Waals surface area contributed by atoms with Gasteiger partial charge in [0.25, 0.3) is 0 Å². The Bertz CT molecular complexity index is 103. The largest absolute Gasteiger partial charge is 0.380 e. The molecule has 0 aliphatic rings. The van der Waals surface area contributed by atoms with E-state index in [2.05, 4.69) is 25.4 Å². The van der Waals surface area contributed by atoms with Crippen LogP contribution in [0.2, 0.25) is 0 Å². The van der Waals surface area contributed by atoms with Crippen LogP contribution in [0.15, 0.2) is 0 Å². The van der Waals surface area contributed by atoms with E-state index in [1.54, 1.807) is 0 Å². The van der Waals surface area contributed by atoms with Crippen LogP contribution in [-0.4, -0.2) is 37.8 Å². The van der Waals surface area contributed by atoms with Crippen molar-refractivity contribution in [1.82, 2.24) is 5.32 Å². The topological polar surface area (TPSA) is 21.3 Å². The highest BCUT2D eigenvalue weighted by Crippen LogP contribution is 2.01. The first-order valence-corrected chi connectivity index (χ1v) is 7.04. The highest BCUT2D eigenvalue weighted by atomic mass is 32.2. The fourth-order valence-electron chi connectivity index (χ4n) is 1.22. The van der Waals surface area contributed by atoms with Crippen LogP contribution >= 0.6 is 11.8 Å². The van der Waals surface area contributed by atoms with Crippen LogP contribution in [-0.2, 0) is 4.74 Å². The molecule has 0 saturated carbocycles. The highest BCUT2D eigenvalue weighted by Gasteiger charge is 2.06. The first-order valence-electron chi connectivity index (χ1n) is 5.65. The summed E-state index contributed by atoms with van der Waals surface area (Å²) in [7, 11) is 0. The lowest BCUT2D eigenvalue weighted by Crippen LogP contribution is -2.34. The average Bonchev–Trinajstić information content (AvgIpc) is 2.21. The number of ether oxygens (including phenoxy) is 1. The minimum absolute atomic E-state index is 0.550. The van der Waals surface area contributed by atoms with Gasteiger partial charge in [0, 0.05) is 12.6 Å². The van der Waals surface area contributed by atoms with Gasteiger partial charge in [-0.1, -0.05) is 13.8 Å². The number of thioether (sulfide) groups is 1. The van der Waals surface area contributed by atoms with Crippen molar-refractivity contribution >= 4 is 11.8 Å². The minimum Gasteiger partial charge on any atom is -0.380 e. The molecule has 14 heavy (non-hydrogen) atoms. The number of hydrogen-bond acceptors (Lipinski definition) is 3. The van der Waals surface area contributed by atoms with Gasteiger partial charge in [-0.25, -0.2) is 0 Å². The van der Waals surface area contributed by atoms with Crippen molar-refractivity contribution in [2.75, 3.05) is 31.8 Å². The summed E-state index contributed by atoms with van der Waals surface area (Å²) in [6, 6.07) is 0.550. The monoisotopic (exact) mass is 219 g/mol. The molecule has 0 fully saturated rings. The molecule has 0 radical (unpaired) electrons. The summed E-state index contributed by atoms with van der Waals surface area (Å²) < 4.78 is 5.57. The van der Waals surface area contributed by atoms with Gasteiger partial charge < -0.3 is 10.1 Å². The van der Waals surface area contributed by atoms with E-state index in [0.717, 1.165) is 26.2 Å². The van der Waals surface area contributed by atoms with Crippen molar-refractivity contribution in [3.63, 3.8) is 0 Å². The predicted molar refractivity (Wildman–Crippen MR) is 66.2 cm³/mol. The molecule has 1 atom stereocenters. The molecule has 0 saturated heterocycles. The van der Waals surface area contributed by atoms with Crippen LogP contribution < -0.4 is 5.32 Å². The van der Waals surface area contributed by atoms with Gasteiger partial charge in [0.2, 0.25) is 0 Å². The van der Waals surface area contributed by atoms with Crippen molar-refractivity contribution in [3.05, 3.63) is 0 Å². The molecule has 2 nitrogen and oxygen atoms in total. The summed E-state index contributed by atoms with van der Waals surface area (Å²) in [5.74, 6) is 1.22. The molecule has 0 spiro atoms. The van der Waals surface area contributed by atoms with Crippen molar-refractivity contribution in [2.24, 2.45) is 0 Å². The smallest absolute Gasteiger partial charge is 0.0619 e. The van der Waals surface area contributed by atoms with E-state index < -0.39 is 0 Å². The number of rotatable bonds is 10. The number of nitrogens with one attached hydrogen (secondary N) is 1. The summed E-state index contributed by atoms with van der Waals surface area (Å²) in [5, 5.41) is 3.52. The van der Waals surface area contributed by atoms with Crippen LogP contribution in [0, 0.1) is 0 Å². The van der Waals surface area contributed by atoms with Gasteiger partial charge in [-0.2, -0.15) is 11.8 Å². The van der Waals surface area contributed by atoms with Gasteiger partial charge in [0.15, 0.2) is 0 Å². The summed E-state index contributed by atoms with van der Waals surface area (Å²) >= 11 is 1.91. The third-order valence-corrected chi connectivity index (χ3v) is 2.66. The molecule has 0 aliphatic carbocycles. The first kappa shape index (κ1) is 14.3. The molecular weight excluding hydrogens is 194 g/mol. The van der Waals surface area contributed by atoms with Crippen molar-refractivity contribution < 1.29 is 4.74 Å². The van der Waals surface area contributed by atoms with Crippen molar-refractivity contribution in [2.45, 2.75) is 39.2 Å². The lowest BCUT2D eigenvalue weighted by Gasteiger charge is -2.17. The van der Waals surface area contributed by atoms with Crippen LogP contribution in [0.3, 0.4) is 0 Å². The van der Waals surface area contributed by atoms with E-state index in [9.17, 15) is 0 Å². The predicted octanol–water partition coefficient (Wildman–Crippen LogP) is 2.53. The first-order chi connectivity index (χ1) is 6.85. The molecule has 0 aromatic carbocycles. The Labute approximate surface area is 93.2 Å². The maximum atomic E-state index is 5.57. The quantitative estimate of drug-likeness (QED) is 0.571. The third kappa shape index (κ3) is 8.85. The zero-order valence-corrected chi connectivity index (χ0v) is 10.7. The van der Waals surface area contributed by atoms with E-state index in [-0.39, 0.29) is 0 Å². The van der Waals surface area contributed by atoms with Crippen molar-refractivity contribution in [1.29, 1.82) is 0 Å². The van der Waals surface area contributed by atoms with Crippen LogP contribution in [0.25, 0.3) is 0 Å². The Morgan fingerprint density at radius 3 is 2.64 bits per heavy atom. The Morgan fingerprint density at radius 2 is 2.07 bits per heavy atom. The van der Waals surface area contributed by atoms with E-state index in [0.29, 0.717) is 6.04 Å². The van der Waals surface area contributed by atoms with E-state index in [4.69, 9.17) is 4.74 Å². The molecule has 0 heterocycles. The molecule has 0 aromatic rings. The van der Waals surface area contributed by atoms with E-state index in [1.165, 1.54) is 18.6 Å². The SMILES string of the molecule is CCCNC(CCSC)COCCC. The third-order valence-electron chi connectivity index (χ3n) is 2.02. The summed E-state index contributed by atoms with van der Waals surface area (Å²) in [5.41, 5.74) is 0. The molecule has 3 heteroatoms. The normalized spacial score (nSPS) is 13.1. The van der Waals surface area contributed by atoms with Gasteiger partial charge in [-0.15, -0.1) is 0 Å². The van der Waals surface area contributed by atoms with E-state index >= 15 is 0 Å². The molecule has 0 rings (SSSR count). The lowest BCUT2D eigenvalue weighted by atomic mass is 10.2. The molecule has 0 amide bonds. The second-order valence-electron chi connectivity index (χ2n) is 3.51. The van der Waals surface area contributed by atoms with Gasteiger partial charge >= 0.3 is 0 Å². The summed E-state index contributed by atoms with van der Waals surface area (Å²) in [6.07, 6.45) is 5.68. The second-order valence-corrected chi connectivity index (χ2v) is 4.49. The van der Waals surface area contributed by atoms with E-state index in [1.807, 2.05) is 11.8 Å². The molecule has 86 valence electrons. The van der Waals surface area contributed by atoms with Crippen LogP contribution in [0.4, 0.5) is 0 Å². The zero-order chi connectivity index (χ0) is 10.6. The minimum atomic E-state index is 0.550. The van der Waals surface area contributed by atoms with Crippen LogP contribution in [0.5, 0.6) is 0 Å². The maximum Gasteiger partial charge on any atom is 0.0619 e. The van der Waals surface area contributed by atoms with Gasteiger partial charge in [0.05, 0.1) is 6.61 Å². The molecule has 0 aromatic heterocycles. The van der Waals surface area contributed by atoms with Crippen molar-refractivity contribution in [3.8, 4) is 0 Å². The lowest BCUT2D eigenvalue weighted by molar-refractivity contribution is 0.111. The van der Waals surface area contributed by atoms with Crippen LogP contribution in [0.1, 0.15) is 33.1 Å². The summed E-state index contributed by atoms with van der Waals surface area (Å²) in [4.78, 5) is 0. The molecule has 1 N–H and O–H groups in total. The van der Waals surface area contributed by atoms with Gasteiger partial charge in [-0.3, -0.25) is 0 Å². The number of hydrogen-bond donors (Lipinski definition) is 1. The Balaban J connectivity index is 3.49. The van der Waals surface area contributed by atoms with Gasteiger partial charge in [0.1, 0.15) is 0 Å². The average molecular weight is 219 g/mol. The molecule has 0 bridgehead atoms. The fourth-order valence-corrected chi connectivity index (χ4v) is 1.74. The fraction of sp³-hybridized carbons (Fsp3) is 1.00. The maximum absolute atomic E-state index is 5.57. The van der Waals surface area contributed by atoms with Gasteiger partial charge in [-0.05, 0) is 37.8 Å². The Morgan fingerprint density at radius 1 is 1.29 bits per heavy atom. The Kier molecular flexibility index (Phi) is 11.6. The Hall–Kier alpha value is 0.270. The molecule has 1 unspecified atom stereocenters. The highest BCUT2D eigenvalue weighted by molar-refractivity contribution is 7.98. The standard InChI is InChI=1S/C11H25NOS/c1-4-7-12-11(6-9-14-3)10-13-8-5-2/h11-12H,4-10H2,1-3H3. The summed E-state index contributed by atoms with van der Waals surface area (Å²) in [6.45, 7) is 7.22.